The van der Waals surface area contributed by atoms with Crippen molar-refractivity contribution in [3.8, 4) is 0 Å². The van der Waals surface area contributed by atoms with Gasteiger partial charge in [-0.05, 0) is 62.4 Å². The summed E-state index contributed by atoms with van der Waals surface area (Å²) in [6.45, 7) is 3.64. The molecule has 0 fully saturated rings. The first-order valence-electron chi connectivity index (χ1n) is 8.27. The van der Waals surface area contributed by atoms with E-state index in [0.29, 0.717) is 5.56 Å². The van der Waals surface area contributed by atoms with Crippen LogP contribution in [0.3, 0.4) is 0 Å². The zero-order chi connectivity index (χ0) is 18.0. The standard InChI is InChI=1S/C20H21NO3S/c1-13-12-16-6-4-5-7-18(16)21(13)19(22)14(2)24-20(23)15-8-10-17(25-3)11-9-15/h4-11,13-14H,12H2,1-3H3/t13-,14+/m1/s1. The Balaban J connectivity index is 1.71. The number of carbonyl (C=O) groups excluding carboxylic acids is 2. The van der Waals surface area contributed by atoms with E-state index in [9.17, 15) is 9.59 Å². The number of esters is 1. The van der Waals surface area contributed by atoms with Crippen LogP contribution in [-0.4, -0.2) is 30.3 Å². The molecule has 2 aromatic rings. The average Bonchev–Trinajstić information content (AvgIpc) is 2.96. The van der Waals surface area contributed by atoms with Gasteiger partial charge in [-0.25, -0.2) is 4.79 Å². The van der Waals surface area contributed by atoms with E-state index in [1.165, 1.54) is 0 Å². The van der Waals surface area contributed by atoms with Crippen LogP contribution in [0.15, 0.2) is 53.4 Å². The quantitative estimate of drug-likeness (QED) is 0.616. The number of fused-ring (bicyclic) bond motifs is 1. The van der Waals surface area contributed by atoms with Crippen LogP contribution in [0.5, 0.6) is 0 Å². The lowest BCUT2D eigenvalue weighted by Crippen LogP contribution is -2.43. The van der Waals surface area contributed by atoms with Gasteiger partial charge in [0, 0.05) is 16.6 Å². The lowest BCUT2D eigenvalue weighted by atomic mass is 10.1. The number of amides is 1. The number of benzene rings is 2. The predicted molar refractivity (Wildman–Crippen MR) is 100 cm³/mol. The number of thioether (sulfide) groups is 1. The Kier molecular flexibility index (Phi) is 5.13. The lowest BCUT2D eigenvalue weighted by molar-refractivity contribution is -0.126. The largest absolute Gasteiger partial charge is 0.449 e. The van der Waals surface area contributed by atoms with Crippen molar-refractivity contribution in [2.24, 2.45) is 0 Å². The average molecular weight is 355 g/mol. The number of para-hydroxylation sites is 1. The van der Waals surface area contributed by atoms with Crippen molar-refractivity contribution in [2.45, 2.75) is 37.3 Å². The summed E-state index contributed by atoms with van der Waals surface area (Å²) in [5.74, 6) is -0.667. The molecule has 0 unspecified atom stereocenters. The fourth-order valence-corrected chi connectivity index (χ4v) is 3.51. The molecule has 0 bridgehead atoms. The normalized spacial score (nSPS) is 17.1. The second-order valence-electron chi connectivity index (χ2n) is 6.17. The first-order chi connectivity index (χ1) is 12.0. The van der Waals surface area contributed by atoms with Gasteiger partial charge in [-0.1, -0.05) is 18.2 Å². The summed E-state index contributed by atoms with van der Waals surface area (Å²) in [4.78, 5) is 27.9. The molecule has 2 aromatic carbocycles. The zero-order valence-corrected chi connectivity index (χ0v) is 15.4. The number of carbonyl (C=O) groups is 2. The highest BCUT2D eigenvalue weighted by molar-refractivity contribution is 7.98. The van der Waals surface area contributed by atoms with E-state index in [2.05, 4.69) is 0 Å². The Bertz CT molecular complexity index is 788. The van der Waals surface area contributed by atoms with Gasteiger partial charge in [0.05, 0.1) is 5.56 Å². The molecular formula is C20H21NO3S. The molecule has 0 spiro atoms. The number of nitrogens with zero attached hydrogens (tertiary/aromatic N) is 1. The smallest absolute Gasteiger partial charge is 0.338 e. The summed E-state index contributed by atoms with van der Waals surface area (Å²) in [7, 11) is 0. The van der Waals surface area contributed by atoms with Crippen molar-refractivity contribution in [1.82, 2.24) is 0 Å². The molecule has 5 heteroatoms. The van der Waals surface area contributed by atoms with E-state index in [1.54, 1.807) is 35.7 Å². The van der Waals surface area contributed by atoms with Crippen molar-refractivity contribution in [3.05, 3.63) is 59.7 Å². The highest BCUT2D eigenvalue weighted by Gasteiger charge is 2.34. The summed E-state index contributed by atoms with van der Waals surface area (Å²) in [5.41, 5.74) is 2.51. The van der Waals surface area contributed by atoms with Gasteiger partial charge in [0.1, 0.15) is 0 Å². The van der Waals surface area contributed by atoms with Crippen LogP contribution in [0.4, 0.5) is 5.69 Å². The molecule has 1 amide bonds. The first kappa shape index (κ1) is 17.5. The molecule has 130 valence electrons. The monoisotopic (exact) mass is 355 g/mol. The van der Waals surface area contributed by atoms with Gasteiger partial charge in [0.25, 0.3) is 5.91 Å². The first-order valence-corrected chi connectivity index (χ1v) is 9.49. The van der Waals surface area contributed by atoms with Gasteiger partial charge >= 0.3 is 5.97 Å². The molecule has 0 aliphatic carbocycles. The van der Waals surface area contributed by atoms with Crippen molar-refractivity contribution in [1.29, 1.82) is 0 Å². The maximum Gasteiger partial charge on any atom is 0.338 e. The zero-order valence-electron chi connectivity index (χ0n) is 14.6. The molecule has 25 heavy (non-hydrogen) atoms. The molecule has 1 aliphatic heterocycles. The number of anilines is 1. The van der Waals surface area contributed by atoms with Crippen molar-refractivity contribution in [3.63, 3.8) is 0 Å². The Morgan fingerprint density at radius 1 is 1.16 bits per heavy atom. The maximum absolute atomic E-state index is 12.8. The Morgan fingerprint density at radius 2 is 1.84 bits per heavy atom. The van der Waals surface area contributed by atoms with Crippen LogP contribution in [0, 0.1) is 0 Å². The number of hydrogen-bond acceptors (Lipinski definition) is 4. The second-order valence-corrected chi connectivity index (χ2v) is 7.05. The highest BCUT2D eigenvalue weighted by atomic mass is 32.2. The topological polar surface area (TPSA) is 46.6 Å². The van der Waals surface area contributed by atoms with Gasteiger partial charge < -0.3 is 9.64 Å². The second kappa shape index (κ2) is 7.31. The maximum atomic E-state index is 12.8. The molecule has 1 aliphatic rings. The molecule has 1 heterocycles. The fourth-order valence-electron chi connectivity index (χ4n) is 3.10. The van der Waals surface area contributed by atoms with Crippen LogP contribution in [0.25, 0.3) is 0 Å². The molecule has 0 saturated carbocycles. The number of hydrogen-bond donors (Lipinski definition) is 0. The third-order valence-corrected chi connectivity index (χ3v) is 5.15. The number of ether oxygens (including phenoxy) is 1. The Hall–Kier alpha value is -2.27. The molecular weight excluding hydrogens is 334 g/mol. The minimum atomic E-state index is -0.832. The van der Waals surface area contributed by atoms with E-state index in [0.717, 1.165) is 22.6 Å². The van der Waals surface area contributed by atoms with Crippen LogP contribution in [-0.2, 0) is 16.0 Å². The molecule has 2 atom stereocenters. The summed E-state index contributed by atoms with van der Waals surface area (Å²) in [6, 6.07) is 15.1. The van der Waals surface area contributed by atoms with Crippen LogP contribution in [0.2, 0.25) is 0 Å². The van der Waals surface area contributed by atoms with E-state index in [-0.39, 0.29) is 11.9 Å². The van der Waals surface area contributed by atoms with Crippen molar-refractivity contribution >= 4 is 29.3 Å². The molecule has 0 aromatic heterocycles. The summed E-state index contributed by atoms with van der Waals surface area (Å²) in [6.07, 6.45) is 1.96. The van der Waals surface area contributed by atoms with Crippen molar-refractivity contribution < 1.29 is 14.3 Å². The van der Waals surface area contributed by atoms with Crippen molar-refractivity contribution in [2.75, 3.05) is 11.2 Å². The molecule has 0 saturated heterocycles. The third kappa shape index (κ3) is 3.56. The molecule has 0 N–H and O–H groups in total. The minimum Gasteiger partial charge on any atom is -0.449 e. The SMILES string of the molecule is CSc1ccc(C(=O)O[C@@H](C)C(=O)N2c3ccccc3C[C@H]2C)cc1. The van der Waals surface area contributed by atoms with Crippen LogP contribution < -0.4 is 4.90 Å². The summed E-state index contributed by atoms with van der Waals surface area (Å²) >= 11 is 1.61. The molecule has 0 radical (unpaired) electrons. The van der Waals surface area contributed by atoms with Gasteiger partial charge in [0.2, 0.25) is 0 Å². The minimum absolute atomic E-state index is 0.0620. The summed E-state index contributed by atoms with van der Waals surface area (Å²) in [5, 5.41) is 0. The number of rotatable bonds is 4. The highest BCUT2D eigenvalue weighted by Crippen LogP contribution is 2.32. The third-order valence-electron chi connectivity index (χ3n) is 4.40. The van der Waals surface area contributed by atoms with E-state index in [4.69, 9.17) is 4.74 Å². The van der Waals surface area contributed by atoms with E-state index < -0.39 is 12.1 Å². The van der Waals surface area contributed by atoms with Gasteiger partial charge in [0.15, 0.2) is 6.10 Å². The van der Waals surface area contributed by atoms with Crippen LogP contribution in [0.1, 0.15) is 29.8 Å². The molecule has 4 nitrogen and oxygen atoms in total. The van der Waals surface area contributed by atoms with Gasteiger partial charge in [-0.15, -0.1) is 11.8 Å². The lowest BCUT2D eigenvalue weighted by Gasteiger charge is -2.25. The van der Waals surface area contributed by atoms with Crippen LogP contribution >= 0.6 is 11.8 Å². The predicted octanol–water partition coefficient (Wildman–Crippen LogP) is 3.93. The van der Waals surface area contributed by atoms with E-state index >= 15 is 0 Å². The Morgan fingerprint density at radius 3 is 2.52 bits per heavy atom. The van der Waals surface area contributed by atoms with Gasteiger partial charge in [-0.2, -0.15) is 0 Å². The summed E-state index contributed by atoms with van der Waals surface area (Å²) < 4.78 is 5.41. The fraction of sp³-hybridized carbons (Fsp3) is 0.300. The van der Waals surface area contributed by atoms with E-state index in [1.807, 2.05) is 49.6 Å². The Labute approximate surface area is 152 Å². The van der Waals surface area contributed by atoms with Gasteiger partial charge in [-0.3, -0.25) is 4.79 Å². The molecule has 3 rings (SSSR count).